The van der Waals surface area contributed by atoms with Crippen molar-refractivity contribution in [2.45, 2.75) is 37.8 Å². The van der Waals surface area contributed by atoms with E-state index < -0.39 is 6.04 Å². The Bertz CT molecular complexity index is 2160. The highest BCUT2D eigenvalue weighted by Gasteiger charge is 2.34. The number of rotatable bonds is 9. The van der Waals surface area contributed by atoms with Gasteiger partial charge in [-0.05, 0) is 73.8 Å². The summed E-state index contributed by atoms with van der Waals surface area (Å²) < 4.78 is 2.02. The highest BCUT2D eigenvalue weighted by atomic mass is 16.3. The Hall–Kier alpha value is -5.11. The standard InChI is InChI=1S/C40H46N10O3/c51-36-8-2-1-6-30(36)32-24-35-38(45-44-32)42-25-28-26-48(21-22-49(28)35)20-19-47-17-15-46(16-18-47)14-4-5-27-9-10-33-31(23-27)29-7-3-13-41-39(29)50(33)34-11-12-37(52)43-40(34)53/h1-3,6-10,13,23-24,28,34,51H,4-5,11-12,14-22,25-26H2,(H,42,45)(H,43,52,53)/t28-,34?/m0/s1. The number of hydrogen-bond donors (Lipinski definition) is 3. The second-order valence-electron chi connectivity index (χ2n) is 14.9. The first-order valence-corrected chi connectivity index (χ1v) is 19.0. The Morgan fingerprint density at radius 1 is 0.830 bits per heavy atom. The van der Waals surface area contributed by atoms with Gasteiger partial charge in [-0.15, -0.1) is 10.2 Å². The molecule has 0 saturated carbocycles. The van der Waals surface area contributed by atoms with Gasteiger partial charge in [0.1, 0.15) is 17.4 Å². The zero-order valence-corrected chi connectivity index (χ0v) is 30.0. The molecule has 4 aliphatic rings. The summed E-state index contributed by atoms with van der Waals surface area (Å²) in [5.74, 6) is 0.580. The van der Waals surface area contributed by atoms with E-state index in [1.54, 1.807) is 12.3 Å². The molecule has 4 aliphatic heterocycles. The lowest BCUT2D eigenvalue weighted by Gasteiger charge is -2.46. The molecule has 3 fully saturated rings. The van der Waals surface area contributed by atoms with Crippen LogP contribution in [-0.4, -0.2) is 129 Å². The van der Waals surface area contributed by atoms with Crippen LogP contribution in [0, 0.1) is 0 Å². The van der Waals surface area contributed by atoms with Gasteiger partial charge in [0, 0.05) is 94.4 Å². The van der Waals surface area contributed by atoms with Crippen LogP contribution in [-0.2, 0) is 16.0 Å². The minimum atomic E-state index is -0.438. The molecule has 1 unspecified atom stereocenters. The van der Waals surface area contributed by atoms with E-state index in [-0.39, 0.29) is 17.6 Å². The number of hydrogen-bond acceptors (Lipinski definition) is 11. The lowest BCUT2D eigenvalue weighted by atomic mass is 10.0. The quantitative estimate of drug-likeness (QED) is 0.194. The number of fused-ring (bicyclic) bond motifs is 6. The normalized spacial score (nSPS) is 21.4. The van der Waals surface area contributed by atoms with Gasteiger partial charge in [-0.25, -0.2) is 4.98 Å². The molecule has 13 heteroatoms. The number of nitrogens with one attached hydrogen (secondary N) is 2. The summed E-state index contributed by atoms with van der Waals surface area (Å²) in [4.78, 5) is 39.6. The van der Waals surface area contributed by atoms with E-state index >= 15 is 0 Å². The van der Waals surface area contributed by atoms with E-state index in [2.05, 4.69) is 75.7 Å². The molecule has 7 heterocycles. The molecule has 3 N–H and O–H groups in total. The first-order valence-electron chi connectivity index (χ1n) is 19.0. The minimum absolute atomic E-state index is 0.207. The first-order chi connectivity index (χ1) is 26.0. The number of phenols is 1. The van der Waals surface area contributed by atoms with Crippen molar-refractivity contribution < 1.29 is 14.7 Å². The van der Waals surface area contributed by atoms with E-state index in [0.29, 0.717) is 30.1 Å². The minimum Gasteiger partial charge on any atom is -0.507 e. The molecule has 9 rings (SSSR count). The summed E-state index contributed by atoms with van der Waals surface area (Å²) in [6.45, 7) is 11.5. The number of pyridine rings is 1. The number of anilines is 2. The van der Waals surface area contributed by atoms with Crippen molar-refractivity contribution >= 4 is 45.3 Å². The number of piperidine rings is 1. The number of aromatic nitrogens is 4. The van der Waals surface area contributed by atoms with Crippen LogP contribution >= 0.6 is 0 Å². The van der Waals surface area contributed by atoms with Crippen molar-refractivity contribution in [2.75, 3.05) is 82.2 Å². The summed E-state index contributed by atoms with van der Waals surface area (Å²) in [6, 6.07) is 19.9. The number of benzene rings is 2. The van der Waals surface area contributed by atoms with Gasteiger partial charge in [-0.1, -0.05) is 18.2 Å². The van der Waals surface area contributed by atoms with Crippen molar-refractivity contribution in [1.29, 1.82) is 0 Å². The molecule has 0 radical (unpaired) electrons. The Morgan fingerprint density at radius 3 is 2.49 bits per heavy atom. The Kier molecular flexibility index (Phi) is 9.14. The number of nitrogens with zero attached hydrogens (tertiary/aromatic N) is 8. The Balaban J connectivity index is 0.748. The number of aryl methyl sites for hydroxylation is 1. The van der Waals surface area contributed by atoms with Crippen LogP contribution in [0.5, 0.6) is 5.75 Å². The first kappa shape index (κ1) is 33.7. The van der Waals surface area contributed by atoms with Crippen LogP contribution in [0.1, 0.15) is 30.9 Å². The second-order valence-corrected chi connectivity index (χ2v) is 14.9. The molecule has 3 aromatic heterocycles. The summed E-state index contributed by atoms with van der Waals surface area (Å²) >= 11 is 0. The number of amides is 2. The Labute approximate surface area is 308 Å². The van der Waals surface area contributed by atoms with Gasteiger partial charge in [-0.2, -0.15) is 0 Å². The number of piperazine rings is 2. The van der Waals surface area contributed by atoms with Crippen molar-refractivity contribution in [2.24, 2.45) is 0 Å². The smallest absolute Gasteiger partial charge is 0.249 e. The van der Waals surface area contributed by atoms with Crippen molar-refractivity contribution in [1.82, 2.24) is 39.8 Å². The fourth-order valence-electron chi connectivity index (χ4n) is 8.73. The molecule has 2 aromatic carbocycles. The van der Waals surface area contributed by atoms with Gasteiger partial charge in [0.2, 0.25) is 11.8 Å². The van der Waals surface area contributed by atoms with Crippen LogP contribution in [0.15, 0.2) is 66.9 Å². The molecule has 274 valence electrons. The average molecular weight is 715 g/mol. The SMILES string of the molecule is O=C1CCC(n2c3ccc(CCCN4CCN(CCN5CCN6c7cc(-c8ccccc8O)nnc7NC[C@H]6C5)CC4)cc3c3cccnc32)C(=O)N1. The molecule has 2 atom stereocenters. The Morgan fingerprint density at radius 2 is 1.64 bits per heavy atom. The third kappa shape index (κ3) is 6.68. The third-order valence-corrected chi connectivity index (χ3v) is 11.6. The van der Waals surface area contributed by atoms with Gasteiger partial charge < -0.3 is 24.8 Å². The number of carbonyl (C=O) groups excluding carboxylic acids is 2. The number of para-hydroxylation sites is 1. The number of aromatic hydroxyl groups is 1. The van der Waals surface area contributed by atoms with Gasteiger partial charge in [0.05, 0.1) is 22.9 Å². The maximum absolute atomic E-state index is 12.8. The highest BCUT2D eigenvalue weighted by molar-refractivity contribution is 6.09. The maximum Gasteiger partial charge on any atom is 0.249 e. The van der Waals surface area contributed by atoms with Gasteiger partial charge in [-0.3, -0.25) is 24.7 Å². The summed E-state index contributed by atoms with van der Waals surface area (Å²) in [5, 5.41) is 27.4. The van der Waals surface area contributed by atoms with Gasteiger partial charge in [0.25, 0.3) is 0 Å². The van der Waals surface area contributed by atoms with Crippen LogP contribution < -0.4 is 15.5 Å². The number of carbonyl (C=O) groups is 2. The van der Waals surface area contributed by atoms with Crippen LogP contribution in [0.4, 0.5) is 11.5 Å². The van der Waals surface area contributed by atoms with Gasteiger partial charge in [0.15, 0.2) is 5.82 Å². The van der Waals surface area contributed by atoms with Crippen LogP contribution in [0.25, 0.3) is 33.2 Å². The van der Waals surface area contributed by atoms with Crippen LogP contribution in [0.3, 0.4) is 0 Å². The lowest BCUT2D eigenvalue weighted by molar-refractivity contribution is -0.135. The molecular weight excluding hydrogens is 669 g/mol. The lowest BCUT2D eigenvalue weighted by Crippen LogP contribution is -2.59. The monoisotopic (exact) mass is 714 g/mol. The third-order valence-electron chi connectivity index (χ3n) is 11.6. The number of phenolic OH excluding ortho intramolecular Hbond substituents is 1. The molecule has 5 aromatic rings. The fraction of sp³-hybridized carbons (Fsp3) is 0.425. The fourth-order valence-corrected chi connectivity index (χ4v) is 8.73. The van der Waals surface area contributed by atoms with E-state index in [1.807, 2.05) is 28.8 Å². The zero-order chi connectivity index (χ0) is 35.9. The predicted octanol–water partition coefficient (Wildman–Crippen LogP) is 3.50. The second kappa shape index (κ2) is 14.4. The predicted molar refractivity (Wildman–Crippen MR) is 205 cm³/mol. The molecule has 0 aliphatic carbocycles. The van der Waals surface area contributed by atoms with Crippen molar-refractivity contribution in [3.8, 4) is 17.0 Å². The average Bonchev–Trinajstić information content (AvgIpc) is 3.51. The molecule has 13 nitrogen and oxygen atoms in total. The summed E-state index contributed by atoms with van der Waals surface area (Å²) in [5.41, 5.74) is 5.54. The maximum atomic E-state index is 12.8. The van der Waals surface area contributed by atoms with E-state index in [4.69, 9.17) is 0 Å². The molecule has 2 amide bonds. The number of imide groups is 1. The van der Waals surface area contributed by atoms with E-state index in [1.165, 1.54) is 5.56 Å². The zero-order valence-electron chi connectivity index (χ0n) is 30.0. The molecule has 0 spiro atoms. The molecular formula is C40H46N10O3. The largest absolute Gasteiger partial charge is 0.507 e. The van der Waals surface area contributed by atoms with Crippen LogP contribution in [0.2, 0.25) is 0 Å². The topological polar surface area (TPSA) is 135 Å². The van der Waals surface area contributed by atoms with Gasteiger partial charge >= 0.3 is 0 Å². The van der Waals surface area contributed by atoms with Crippen molar-refractivity contribution in [3.05, 3.63) is 72.4 Å². The summed E-state index contributed by atoms with van der Waals surface area (Å²) in [6.07, 6.45) is 4.68. The summed E-state index contributed by atoms with van der Waals surface area (Å²) in [7, 11) is 0. The highest BCUT2D eigenvalue weighted by Crippen LogP contribution is 2.37. The van der Waals surface area contributed by atoms with E-state index in [9.17, 15) is 14.7 Å². The molecule has 0 bridgehead atoms. The molecule has 3 saturated heterocycles. The molecule has 53 heavy (non-hydrogen) atoms. The van der Waals surface area contributed by atoms with Crippen molar-refractivity contribution in [3.63, 3.8) is 0 Å². The van der Waals surface area contributed by atoms with E-state index in [0.717, 1.165) is 118 Å².